The zero-order valence-corrected chi connectivity index (χ0v) is 23.6. The maximum Gasteiger partial charge on any atom is 0.230 e. The van der Waals surface area contributed by atoms with Crippen molar-refractivity contribution in [3.05, 3.63) is 74.7 Å². The topological polar surface area (TPSA) is 116 Å². The van der Waals surface area contributed by atoms with Gasteiger partial charge in [-0.3, -0.25) is 9.59 Å². The predicted octanol–water partition coefficient (Wildman–Crippen LogP) is 4.90. The van der Waals surface area contributed by atoms with Crippen LogP contribution in [0.15, 0.2) is 48.5 Å². The summed E-state index contributed by atoms with van der Waals surface area (Å²) in [5, 5.41) is 22.6. The number of ketones is 1. The summed E-state index contributed by atoms with van der Waals surface area (Å²) >= 11 is 2.88. The van der Waals surface area contributed by atoms with Crippen molar-refractivity contribution in [3.8, 4) is 11.5 Å². The minimum absolute atomic E-state index is 0.0897. The molecule has 0 aliphatic rings. The molecule has 9 nitrogen and oxygen atoms in total. The van der Waals surface area contributed by atoms with Crippen molar-refractivity contribution in [1.82, 2.24) is 20.4 Å². The van der Waals surface area contributed by atoms with Gasteiger partial charge in [-0.15, -0.1) is 31.7 Å². The molecule has 1 amide bonds. The Hall–Kier alpha value is -3.70. The van der Waals surface area contributed by atoms with Crippen molar-refractivity contribution >= 4 is 39.5 Å². The SMILES string of the molecule is CCOc1ccccc1CC(=O)Cc1nnc(CCCCc2nnc(NC(=O)Cc3ccccc3OC)s2)s1. The van der Waals surface area contributed by atoms with Crippen LogP contribution in [0, 0.1) is 0 Å². The van der Waals surface area contributed by atoms with E-state index in [1.807, 2.05) is 55.5 Å². The van der Waals surface area contributed by atoms with Crippen LogP contribution in [-0.4, -0.2) is 45.8 Å². The lowest BCUT2D eigenvalue weighted by molar-refractivity contribution is -0.118. The van der Waals surface area contributed by atoms with Crippen molar-refractivity contribution in [2.75, 3.05) is 19.0 Å². The van der Waals surface area contributed by atoms with Crippen LogP contribution < -0.4 is 14.8 Å². The largest absolute Gasteiger partial charge is 0.496 e. The van der Waals surface area contributed by atoms with E-state index in [1.54, 1.807) is 7.11 Å². The highest BCUT2D eigenvalue weighted by atomic mass is 32.1. The number of nitrogens with zero attached hydrogens (tertiary/aromatic N) is 4. The Morgan fingerprint density at radius 3 is 2.10 bits per heavy atom. The molecule has 2 heterocycles. The number of unbranched alkanes of at least 4 members (excludes halogenated alkanes) is 1. The van der Waals surface area contributed by atoms with Crippen molar-refractivity contribution in [2.45, 2.75) is 51.9 Å². The zero-order valence-electron chi connectivity index (χ0n) is 22.0. The Balaban J connectivity index is 1.17. The first kappa shape index (κ1) is 28.3. The van der Waals surface area contributed by atoms with Gasteiger partial charge in [-0.1, -0.05) is 47.7 Å². The number of anilines is 1. The van der Waals surface area contributed by atoms with E-state index < -0.39 is 0 Å². The Bertz CT molecular complexity index is 1390. The van der Waals surface area contributed by atoms with Gasteiger partial charge in [0.25, 0.3) is 0 Å². The molecule has 0 unspecified atom stereocenters. The smallest absolute Gasteiger partial charge is 0.230 e. The van der Waals surface area contributed by atoms with Crippen LogP contribution in [0.1, 0.15) is 45.9 Å². The zero-order chi connectivity index (χ0) is 27.5. The van der Waals surface area contributed by atoms with E-state index in [1.165, 1.54) is 22.7 Å². The summed E-state index contributed by atoms with van der Waals surface area (Å²) in [7, 11) is 1.59. The Morgan fingerprint density at radius 2 is 1.38 bits per heavy atom. The number of aryl methyl sites for hydroxylation is 2. The van der Waals surface area contributed by atoms with Gasteiger partial charge in [0.1, 0.15) is 32.3 Å². The monoisotopic (exact) mass is 565 g/mol. The van der Waals surface area contributed by atoms with Crippen molar-refractivity contribution in [1.29, 1.82) is 0 Å². The molecular formula is C28H31N5O4S2. The highest BCUT2D eigenvalue weighted by Gasteiger charge is 2.14. The van der Waals surface area contributed by atoms with Crippen LogP contribution in [0.2, 0.25) is 0 Å². The molecule has 2 aromatic carbocycles. The number of para-hydroxylation sites is 2. The first-order chi connectivity index (χ1) is 19.0. The maximum atomic E-state index is 12.6. The molecule has 4 aromatic rings. The molecule has 0 saturated carbocycles. The third kappa shape index (κ3) is 8.66. The molecule has 1 N–H and O–H groups in total. The van der Waals surface area contributed by atoms with Crippen molar-refractivity contribution < 1.29 is 19.1 Å². The fourth-order valence-corrected chi connectivity index (χ4v) is 5.71. The van der Waals surface area contributed by atoms with E-state index in [-0.39, 0.29) is 24.5 Å². The molecule has 39 heavy (non-hydrogen) atoms. The number of methoxy groups -OCH3 is 1. The van der Waals surface area contributed by atoms with E-state index in [9.17, 15) is 9.59 Å². The second kappa shape index (κ2) is 14.5. The van der Waals surface area contributed by atoms with E-state index in [2.05, 4.69) is 25.7 Å². The Kier molecular flexibility index (Phi) is 10.5. The van der Waals surface area contributed by atoms with Gasteiger partial charge in [-0.2, -0.15) is 0 Å². The lowest BCUT2D eigenvalue weighted by atomic mass is 10.1. The Morgan fingerprint density at radius 1 is 0.769 bits per heavy atom. The molecule has 204 valence electrons. The number of ether oxygens (including phenoxy) is 2. The summed E-state index contributed by atoms with van der Waals surface area (Å²) in [6.45, 7) is 2.49. The minimum Gasteiger partial charge on any atom is -0.496 e. The maximum absolute atomic E-state index is 12.6. The molecule has 0 saturated heterocycles. The fourth-order valence-electron chi connectivity index (χ4n) is 3.99. The predicted molar refractivity (Wildman–Crippen MR) is 152 cm³/mol. The molecule has 0 atom stereocenters. The van der Waals surface area contributed by atoms with Crippen LogP contribution in [0.3, 0.4) is 0 Å². The number of benzene rings is 2. The highest BCUT2D eigenvalue weighted by molar-refractivity contribution is 7.15. The second-order valence-electron chi connectivity index (χ2n) is 8.77. The molecule has 0 fully saturated rings. The summed E-state index contributed by atoms with van der Waals surface area (Å²) in [4.78, 5) is 25.0. The van der Waals surface area contributed by atoms with E-state index in [4.69, 9.17) is 9.47 Å². The van der Waals surface area contributed by atoms with Gasteiger partial charge in [0.2, 0.25) is 11.0 Å². The quantitative estimate of drug-likeness (QED) is 0.202. The molecule has 11 heteroatoms. The number of hydrogen-bond acceptors (Lipinski definition) is 10. The molecule has 0 aliphatic carbocycles. The fraction of sp³-hybridized carbons (Fsp3) is 0.357. The molecule has 0 aliphatic heterocycles. The summed E-state index contributed by atoms with van der Waals surface area (Å²) in [5.74, 6) is 1.37. The van der Waals surface area contributed by atoms with Crippen LogP contribution in [-0.2, 0) is 41.7 Å². The van der Waals surface area contributed by atoms with Crippen molar-refractivity contribution in [2.24, 2.45) is 0 Å². The lowest BCUT2D eigenvalue weighted by Gasteiger charge is -2.08. The third-order valence-corrected chi connectivity index (χ3v) is 7.69. The van der Waals surface area contributed by atoms with Crippen LogP contribution in [0.25, 0.3) is 0 Å². The normalized spacial score (nSPS) is 10.8. The number of carbonyl (C=O) groups excluding carboxylic acids is 2. The number of hydrogen-bond donors (Lipinski definition) is 1. The first-order valence-electron chi connectivity index (χ1n) is 12.8. The van der Waals surface area contributed by atoms with E-state index >= 15 is 0 Å². The molecule has 4 rings (SSSR count). The average Bonchev–Trinajstić information content (AvgIpc) is 3.57. The van der Waals surface area contributed by atoms with Crippen LogP contribution >= 0.6 is 22.7 Å². The van der Waals surface area contributed by atoms with Gasteiger partial charge >= 0.3 is 0 Å². The molecular weight excluding hydrogens is 534 g/mol. The Labute approximate surface area is 235 Å². The first-order valence-corrected chi connectivity index (χ1v) is 14.4. The summed E-state index contributed by atoms with van der Waals surface area (Å²) < 4.78 is 10.9. The highest BCUT2D eigenvalue weighted by Crippen LogP contribution is 2.22. The number of amides is 1. The average molecular weight is 566 g/mol. The van der Waals surface area contributed by atoms with Gasteiger partial charge in [-0.05, 0) is 31.9 Å². The van der Waals surface area contributed by atoms with E-state index in [0.29, 0.717) is 23.9 Å². The number of aromatic nitrogens is 4. The number of rotatable bonds is 15. The van der Waals surface area contributed by atoms with Crippen LogP contribution in [0.5, 0.6) is 11.5 Å². The van der Waals surface area contributed by atoms with Crippen molar-refractivity contribution in [3.63, 3.8) is 0 Å². The molecule has 0 spiro atoms. The van der Waals surface area contributed by atoms with Crippen LogP contribution in [0.4, 0.5) is 5.13 Å². The number of nitrogens with one attached hydrogen (secondary N) is 1. The third-order valence-electron chi connectivity index (χ3n) is 5.81. The van der Waals surface area contributed by atoms with Gasteiger partial charge < -0.3 is 14.8 Å². The van der Waals surface area contributed by atoms with E-state index in [0.717, 1.165) is 57.6 Å². The number of Topliss-reactive ketones (excluding diaryl/α,β-unsaturated/α-hetero) is 1. The summed E-state index contributed by atoms with van der Waals surface area (Å²) in [6, 6.07) is 15.1. The van der Waals surface area contributed by atoms with Gasteiger partial charge in [0.05, 0.1) is 26.6 Å². The van der Waals surface area contributed by atoms with Gasteiger partial charge in [0.15, 0.2) is 0 Å². The lowest BCUT2D eigenvalue weighted by Crippen LogP contribution is -2.14. The minimum atomic E-state index is -0.161. The second-order valence-corrected chi connectivity index (χ2v) is 11.0. The standard InChI is InChI=1S/C28H31N5O4S2/c1-3-37-23-13-7-5-10-19(23)16-21(34)18-27-32-30-25(38-27)14-8-9-15-26-31-33-28(39-26)29-24(35)17-20-11-4-6-12-22(20)36-2/h4-7,10-13H,3,8-9,14-18H2,1-2H3,(H,29,33,35). The van der Waals surface area contributed by atoms with Gasteiger partial charge in [-0.25, -0.2) is 0 Å². The summed E-state index contributed by atoms with van der Waals surface area (Å²) in [5.41, 5.74) is 1.71. The van der Waals surface area contributed by atoms with Gasteiger partial charge in [0, 0.05) is 30.4 Å². The molecule has 2 aromatic heterocycles. The molecule has 0 radical (unpaired) electrons. The molecule has 0 bridgehead atoms. The summed E-state index contributed by atoms with van der Waals surface area (Å²) in [6.07, 6.45) is 4.17. The number of carbonyl (C=O) groups is 2.